The Balaban J connectivity index is 2.06. The van der Waals surface area contributed by atoms with Crippen molar-refractivity contribution in [3.8, 4) is 0 Å². The van der Waals surface area contributed by atoms with Crippen LogP contribution < -0.4 is 5.73 Å². The van der Waals surface area contributed by atoms with E-state index in [0.29, 0.717) is 6.42 Å². The van der Waals surface area contributed by atoms with E-state index in [-0.39, 0.29) is 11.7 Å². The molecule has 0 bridgehead atoms. The summed E-state index contributed by atoms with van der Waals surface area (Å²) >= 11 is 0. The van der Waals surface area contributed by atoms with E-state index in [1.165, 1.54) is 5.56 Å². The van der Waals surface area contributed by atoms with Crippen molar-refractivity contribution in [2.75, 3.05) is 5.73 Å². The van der Waals surface area contributed by atoms with Crippen LogP contribution in [0.15, 0.2) is 48.5 Å². The lowest BCUT2D eigenvalue weighted by molar-refractivity contribution is 0.0975. The summed E-state index contributed by atoms with van der Waals surface area (Å²) in [5.74, 6) is 0.408. The lowest BCUT2D eigenvalue weighted by Gasteiger charge is -2.12. The highest BCUT2D eigenvalue weighted by Crippen LogP contribution is 2.22. The van der Waals surface area contributed by atoms with Crippen molar-refractivity contribution in [3.05, 3.63) is 65.2 Å². The van der Waals surface area contributed by atoms with Crippen LogP contribution in [0.25, 0.3) is 0 Å². The summed E-state index contributed by atoms with van der Waals surface area (Å²) in [6, 6.07) is 15.8. The molecule has 0 amide bonds. The van der Waals surface area contributed by atoms with Gasteiger partial charge in [0.2, 0.25) is 0 Å². The second-order valence-corrected chi connectivity index (χ2v) is 5.65. The molecule has 0 saturated heterocycles. The number of anilines is 1. The lowest BCUT2D eigenvalue weighted by atomic mass is 9.92. The van der Waals surface area contributed by atoms with E-state index in [1.807, 2.05) is 42.5 Å². The van der Waals surface area contributed by atoms with Crippen LogP contribution in [0, 0.1) is 0 Å². The summed E-state index contributed by atoms with van der Waals surface area (Å²) < 4.78 is 0. The van der Waals surface area contributed by atoms with Gasteiger partial charge >= 0.3 is 0 Å². The minimum atomic E-state index is 0.202. The number of hydrogen-bond acceptors (Lipinski definition) is 2. The quantitative estimate of drug-likeness (QED) is 0.621. The molecule has 0 fully saturated rings. The number of rotatable bonds is 6. The van der Waals surface area contributed by atoms with Crippen molar-refractivity contribution in [3.63, 3.8) is 0 Å². The number of Topliss-reactive ketones (excluding diaryl/α,β-unsaturated/α-hetero) is 1. The molecule has 0 aromatic heterocycles. The third-order valence-corrected chi connectivity index (χ3v) is 3.78. The molecule has 0 aliphatic carbocycles. The van der Waals surface area contributed by atoms with Crippen LogP contribution in [0.1, 0.15) is 54.1 Å². The van der Waals surface area contributed by atoms with Gasteiger partial charge in [0.25, 0.3) is 0 Å². The van der Waals surface area contributed by atoms with Gasteiger partial charge in [-0.15, -0.1) is 0 Å². The molecule has 2 aromatic rings. The molecule has 2 nitrogen and oxygen atoms in total. The fourth-order valence-electron chi connectivity index (χ4n) is 2.53. The Morgan fingerprint density at radius 3 is 2.52 bits per heavy atom. The first kappa shape index (κ1) is 15.3. The minimum Gasteiger partial charge on any atom is -0.399 e. The Morgan fingerprint density at radius 2 is 1.86 bits per heavy atom. The fourth-order valence-corrected chi connectivity index (χ4v) is 2.53. The summed E-state index contributed by atoms with van der Waals surface area (Å²) in [4.78, 5) is 12.4. The standard InChI is InChI=1S/C19H23NO/c1-3-5-15-6-4-7-17(13-15)19(21)12-14(2)16-8-10-18(20)11-9-16/h4,6-11,13-14H,3,5,12,20H2,1-2H3. The first-order chi connectivity index (χ1) is 10.1. The molecule has 0 spiro atoms. The average molecular weight is 281 g/mol. The molecule has 1 atom stereocenters. The topological polar surface area (TPSA) is 43.1 Å². The van der Waals surface area contributed by atoms with Crippen molar-refractivity contribution in [2.45, 2.75) is 39.0 Å². The SMILES string of the molecule is CCCc1cccc(C(=O)CC(C)c2ccc(N)cc2)c1. The van der Waals surface area contributed by atoms with E-state index >= 15 is 0 Å². The zero-order chi connectivity index (χ0) is 15.2. The molecule has 0 heterocycles. The number of aryl methyl sites for hydroxylation is 1. The van der Waals surface area contributed by atoms with Gasteiger partial charge in [0.15, 0.2) is 5.78 Å². The molecule has 0 radical (unpaired) electrons. The van der Waals surface area contributed by atoms with E-state index in [0.717, 1.165) is 29.7 Å². The van der Waals surface area contributed by atoms with Crippen molar-refractivity contribution >= 4 is 11.5 Å². The highest BCUT2D eigenvalue weighted by molar-refractivity contribution is 5.96. The van der Waals surface area contributed by atoms with E-state index in [1.54, 1.807) is 0 Å². The maximum atomic E-state index is 12.4. The van der Waals surface area contributed by atoms with Gasteiger partial charge in [0.05, 0.1) is 0 Å². The fraction of sp³-hybridized carbons (Fsp3) is 0.316. The van der Waals surface area contributed by atoms with Crippen LogP contribution in [-0.4, -0.2) is 5.78 Å². The third-order valence-electron chi connectivity index (χ3n) is 3.78. The Hall–Kier alpha value is -2.09. The molecule has 2 heteroatoms. The van der Waals surface area contributed by atoms with Gasteiger partial charge in [-0.25, -0.2) is 0 Å². The highest BCUT2D eigenvalue weighted by Gasteiger charge is 2.13. The van der Waals surface area contributed by atoms with Gasteiger partial charge in [0.1, 0.15) is 0 Å². The molecule has 0 saturated carbocycles. The molecule has 0 aliphatic rings. The number of ketones is 1. The summed E-state index contributed by atoms with van der Waals surface area (Å²) in [5, 5.41) is 0. The maximum absolute atomic E-state index is 12.4. The van der Waals surface area contributed by atoms with Crippen LogP contribution >= 0.6 is 0 Å². The summed E-state index contributed by atoms with van der Waals surface area (Å²) in [6.07, 6.45) is 2.65. The predicted octanol–water partition coefficient (Wildman–Crippen LogP) is 4.60. The number of carbonyl (C=O) groups is 1. The number of nitrogen functional groups attached to an aromatic ring is 1. The van der Waals surface area contributed by atoms with Gasteiger partial charge in [0, 0.05) is 17.7 Å². The number of nitrogens with two attached hydrogens (primary N) is 1. The van der Waals surface area contributed by atoms with Crippen molar-refractivity contribution in [1.29, 1.82) is 0 Å². The largest absolute Gasteiger partial charge is 0.399 e. The maximum Gasteiger partial charge on any atom is 0.163 e. The first-order valence-corrected chi connectivity index (χ1v) is 7.57. The van der Waals surface area contributed by atoms with Crippen LogP contribution in [0.5, 0.6) is 0 Å². The number of hydrogen-bond donors (Lipinski definition) is 1. The Labute approximate surface area is 127 Å². The van der Waals surface area contributed by atoms with Crippen LogP contribution in [0.2, 0.25) is 0 Å². The van der Waals surface area contributed by atoms with Crippen LogP contribution in [-0.2, 0) is 6.42 Å². The van der Waals surface area contributed by atoms with Crippen LogP contribution in [0.3, 0.4) is 0 Å². The first-order valence-electron chi connectivity index (χ1n) is 7.57. The molecule has 1 unspecified atom stereocenters. The molecule has 21 heavy (non-hydrogen) atoms. The van der Waals surface area contributed by atoms with Gasteiger partial charge in [-0.3, -0.25) is 4.79 Å². The van der Waals surface area contributed by atoms with Crippen molar-refractivity contribution in [2.24, 2.45) is 0 Å². The molecular formula is C19H23NO. The van der Waals surface area contributed by atoms with E-state index < -0.39 is 0 Å². The zero-order valence-electron chi connectivity index (χ0n) is 12.8. The Kier molecular flexibility index (Phi) is 5.15. The number of benzene rings is 2. The molecule has 0 aliphatic heterocycles. The predicted molar refractivity (Wildman–Crippen MR) is 88.7 cm³/mol. The summed E-state index contributed by atoms with van der Waals surface area (Å²) in [7, 11) is 0. The van der Waals surface area contributed by atoms with Gasteiger partial charge in [-0.2, -0.15) is 0 Å². The molecule has 2 aromatic carbocycles. The van der Waals surface area contributed by atoms with Gasteiger partial charge < -0.3 is 5.73 Å². The zero-order valence-corrected chi connectivity index (χ0v) is 12.8. The third kappa shape index (κ3) is 4.19. The molecule has 2 N–H and O–H groups in total. The van der Waals surface area contributed by atoms with Crippen LogP contribution in [0.4, 0.5) is 5.69 Å². The molecule has 2 rings (SSSR count). The smallest absolute Gasteiger partial charge is 0.163 e. The molecular weight excluding hydrogens is 258 g/mol. The van der Waals surface area contributed by atoms with Crippen molar-refractivity contribution < 1.29 is 4.79 Å². The van der Waals surface area contributed by atoms with Gasteiger partial charge in [-0.1, -0.05) is 50.6 Å². The van der Waals surface area contributed by atoms with E-state index in [9.17, 15) is 4.79 Å². The second kappa shape index (κ2) is 7.07. The van der Waals surface area contributed by atoms with Crippen molar-refractivity contribution in [1.82, 2.24) is 0 Å². The summed E-state index contributed by atoms with van der Waals surface area (Å²) in [5.41, 5.74) is 9.67. The minimum absolute atomic E-state index is 0.202. The summed E-state index contributed by atoms with van der Waals surface area (Å²) in [6.45, 7) is 4.23. The second-order valence-electron chi connectivity index (χ2n) is 5.65. The monoisotopic (exact) mass is 281 g/mol. The number of carbonyl (C=O) groups excluding carboxylic acids is 1. The highest BCUT2D eigenvalue weighted by atomic mass is 16.1. The molecule has 110 valence electrons. The normalized spacial score (nSPS) is 12.1. The Bertz CT molecular complexity index is 601. The Morgan fingerprint density at radius 1 is 1.14 bits per heavy atom. The average Bonchev–Trinajstić information content (AvgIpc) is 2.48. The lowest BCUT2D eigenvalue weighted by Crippen LogP contribution is -2.05. The van der Waals surface area contributed by atoms with Gasteiger partial charge in [-0.05, 0) is 41.7 Å². The van der Waals surface area contributed by atoms with E-state index in [4.69, 9.17) is 5.73 Å². The van der Waals surface area contributed by atoms with E-state index in [2.05, 4.69) is 19.9 Å².